The lowest BCUT2D eigenvalue weighted by molar-refractivity contribution is 0.182. The second-order valence-electron chi connectivity index (χ2n) is 4.24. The normalized spacial score (nSPS) is 22.3. The van der Waals surface area contributed by atoms with E-state index in [1.165, 1.54) is 6.07 Å². The Bertz CT molecular complexity index is 364. The monoisotopic (exact) mass is 227 g/mol. The Morgan fingerprint density at radius 1 is 1.44 bits per heavy atom. The molecule has 0 aromatic heterocycles. The van der Waals surface area contributed by atoms with Gasteiger partial charge in [-0.3, -0.25) is 0 Å². The van der Waals surface area contributed by atoms with Gasteiger partial charge in [0.1, 0.15) is 11.6 Å². The van der Waals surface area contributed by atoms with Gasteiger partial charge >= 0.3 is 0 Å². The zero-order valence-corrected chi connectivity index (χ0v) is 8.96. The fourth-order valence-electron chi connectivity index (χ4n) is 2.05. The molecule has 0 spiro atoms. The van der Waals surface area contributed by atoms with Crippen molar-refractivity contribution in [3.63, 3.8) is 0 Å². The molecule has 0 bridgehead atoms. The lowest BCUT2D eigenvalue weighted by Gasteiger charge is -2.16. The Balaban J connectivity index is 2.07. The van der Waals surface area contributed by atoms with Crippen LogP contribution < -0.4 is 5.73 Å². The van der Waals surface area contributed by atoms with Gasteiger partial charge in [-0.15, -0.1) is 0 Å². The van der Waals surface area contributed by atoms with Gasteiger partial charge in [0.05, 0.1) is 0 Å². The van der Waals surface area contributed by atoms with E-state index in [2.05, 4.69) is 0 Å². The smallest absolute Gasteiger partial charge is 0.128 e. The first-order valence-electron chi connectivity index (χ1n) is 5.45. The third kappa shape index (κ3) is 2.57. The van der Waals surface area contributed by atoms with E-state index < -0.39 is 17.7 Å². The van der Waals surface area contributed by atoms with Crippen LogP contribution in [0.5, 0.6) is 0 Å². The first-order valence-corrected chi connectivity index (χ1v) is 5.45. The fourth-order valence-corrected chi connectivity index (χ4v) is 2.05. The van der Waals surface area contributed by atoms with Crippen molar-refractivity contribution in [2.75, 3.05) is 13.2 Å². The molecule has 0 amide bonds. The third-order valence-electron chi connectivity index (χ3n) is 2.97. The van der Waals surface area contributed by atoms with E-state index in [0.717, 1.165) is 25.2 Å². The first-order chi connectivity index (χ1) is 7.66. The predicted octanol–water partition coefficient (Wildman–Crippen LogP) is 2.39. The van der Waals surface area contributed by atoms with Gasteiger partial charge < -0.3 is 10.5 Å². The summed E-state index contributed by atoms with van der Waals surface area (Å²) in [5.41, 5.74) is 6.14. The number of nitrogens with two attached hydrogens (primary N) is 1. The first kappa shape index (κ1) is 11.5. The molecular formula is C12H15F2NO. The van der Waals surface area contributed by atoms with Crippen LogP contribution in [0.2, 0.25) is 0 Å². The number of benzene rings is 1. The van der Waals surface area contributed by atoms with Crippen molar-refractivity contribution in [1.29, 1.82) is 0 Å². The second kappa shape index (κ2) is 4.89. The highest BCUT2D eigenvalue weighted by atomic mass is 19.1. The van der Waals surface area contributed by atoms with Crippen molar-refractivity contribution >= 4 is 0 Å². The minimum Gasteiger partial charge on any atom is -0.381 e. The molecule has 0 saturated carbocycles. The van der Waals surface area contributed by atoms with E-state index in [1.54, 1.807) is 0 Å². The van der Waals surface area contributed by atoms with Crippen LogP contribution in [0.25, 0.3) is 0 Å². The van der Waals surface area contributed by atoms with Gasteiger partial charge in [0.25, 0.3) is 0 Å². The molecule has 2 atom stereocenters. The molecule has 88 valence electrons. The molecule has 1 aliphatic heterocycles. The van der Waals surface area contributed by atoms with Crippen LogP contribution in [0.15, 0.2) is 18.2 Å². The van der Waals surface area contributed by atoms with Crippen LogP contribution in [0.4, 0.5) is 8.78 Å². The van der Waals surface area contributed by atoms with Crippen molar-refractivity contribution in [3.05, 3.63) is 35.4 Å². The lowest BCUT2D eigenvalue weighted by atomic mass is 9.94. The van der Waals surface area contributed by atoms with Crippen molar-refractivity contribution < 1.29 is 13.5 Å². The SMILES string of the molecule is NC(CC1CCOC1)c1cc(F)ccc1F. The van der Waals surface area contributed by atoms with Crippen LogP contribution in [0, 0.1) is 17.6 Å². The number of ether oxygens (including phenoxy) is 1. The topological polar surface area (TPSA) is 35.2 Å². The zero-order chi connectivity index (χ0) is 11.5. The zero-order valence-electron chi connectivity index (χ0n) is 8.96. The van der Waals surface area contributed by atoms with Gasteiger partial charge in [-0.05, 0) is 37.0 Å². The second-order valence-corrected chi connectivity index (χ2v) is 4.24. The van der Waals surface area contributed by atoms with Gasteiger partial charge in [0.15, 0.2) is 0 Å². The Morgan fingerprint density at radius 3 is 2.94 bits per heavy atom. The fraction of sp³-hybridized carbons (Fsp3) is 0.500. The molecule has 1 saturated heterocycles. The highest BCUT2D eigenvalue weighted by Gasteiger charge is 2.21. The van der Waals surface area contributed by atoms with E-state index >= 15 is 0 Å². The summed E-state index contributed by atoms with van der Waals surface area (Å²) in [7, 11) is 0. The van der Waals surface area contributed by atoms with E-state index in [4.69, 9.17) is 10.5 Å². The lowest BCUT2D eigenvalue weighted by Crippen LogP contribution is -2.17. The highest BCUT2D eigenvalue weighted by molar-refractivity contribution is 5.22. The molecule has 4 heteroatoms. The van der Waals surface area contributed by atoms with Crippen molar-refractivity contribution in [1.82, 2.24) is 0 Å². The minimum atomic E-state index is -0.456. The quantitative estimate of drug-likeness (QED) is 0.860. The van der Waals surface area contributed by atoms with E-state index in [-0.39, 0.29) is 5.56 Å². The summed E-state index contributed by atoms with van der Waals surface area (Å²) in [6.45, 7) is 1.41. The highest BCUT2D eigenvalue weighted by Crippen LogP contribution is 2.26. The largest absolute Gasteiger partial charge is 0.381 e. The summed E-state index contributed by atoms with van der Waals surface area (Å²) >= 11 is 0. The number of hydrogen-bond donors (Lipinski definition) is 1. The minimum absolute atomic E-state index is 0.256. The summed E-state index contributed by atoms with van der Waals surface area (Å²) in [5.74, 6) is -0.528. The maximum Gasteiger partial charge on any atom is 0.128 e. The molecule has 16 heavy (non-hydrogen) atoms. The summed E-state index contributed by atoms with van der Waals surface area (Å²) < 4.78 is 31.6. The summed E-state index contributed by atoms with van der Waals surface area (Å²) in [4.78, 5) is 0. The van der Waals surface area contributed by atoms with Crippen LogP contribution in [0.3, 0.4) is 0 Å². The van der Waals surface area contributed by atoms with Crippen molar-refractivity contribution in [2.24, 2.45) is 11.7 Å². The van der Waals surface area contributed by atoms with Gasteiger partial charge in [0, 0.05) is 24.8 Å². The Labute approximate surface area is 93.4 Å². The standard InChI is InChI=1S/C12H15F2NO/c13-9-1-2-11(14)10(6-9)12(15)5-8-3-4-16-7-8/h1-2,6,8,12H,3-5,7,15H2. The number of halogens is 2. The maximum absolute atomic E-state index is 13.4. The number of rotatable bonds is 3. The summed E-state index contributed by atoms with van der Waals surface area (Å²) in [5, 5.41) is 0. The van der Waals surface area contributed by atoms with E-state index in [9.17, 15) is 8.78 Å². The number of hydrogen-bond acceptors (Lipinski definition) is 2. The third-order valence-corrected chi connectivity index (χ3v) is 2.97. The molecule has 2 unspecified atom stereocenters. The average Bonchev–Trinajstić information content (AvgIpc) is 2.74. The summed E-state index contributed by atoms with van der Waals surface area (Å²) in [6, 6.07) is 2.94. The van der Waals surface area contributed by atoms with Crippen molar-refractivity contribution in [3.8, 4) is 0 Å². The predicted molar refractivity (Wildman–Crippen MR) is 56.8 cm³/mol. The maximum atomic E-state index is 13.4. The van der Waals surface area contributed by atoms with Crippen LogP contribution >= 0.6 is 0 Å². The molecular weight excluding hydrogens is 212 g/mol. The van der Waals surface area contributed by atoms with Crippen molar-refractivity contribution in [2.45, 2.75) is 18.9 Å². The van der Waals surface area contributed by atoms with E-state index in [0.29, 0.717) is 18.9 Å². The van der Waals surface area contributed by atoms with Crippen LogP contribution in [-0.4, -0.2) is 13.2 Å². The molecule has 0 aliphatic carbocycles. The molecule has 1 heterocycles. The molecule has 2 nitrogen and oxygen atoms in total. The molecule has 2 rings (SSSR count). The molecule has 1 aliphatic rings. The van der Waals surface area contributed by atoms with Gasteiger partial charge in [-0.25, -0.2) is 8.78 Å². The van der Waals surface area contributed by atoms with Gasteiger partial charge in [-0.1, -0.05) is 0 Å². The van der Waals surface area contributed by atoms with E-state index in [1.807, 2.05) is 0 Å². The molecule has 0 radical (unpaired) electrons. The molecule has 1 aromatic rings. The molecule has 1 fully saturated rings. The Kier molecular flexibility index (Phi) is 3.51. The Hall–Kier alpha value is -1.00. The van der Waals surface area contributed by atoms with Crippen LogP contribution in [-0.2, 0) is 4.74 Å². The Morgan fingerprint density at radius 2 is 2.25 bits per heavy atom. The molecule has 1 aromatic carbocycles. The van der Waals surface area contributed by atoms with Gasteiger partial charge in [-0.2, -0.15) is 0 Å². The summed E-state index contributed by atoms with van der Waals surface area (Å²) in [6.07, 6.45) is 1.59. The van der Waals surface area contributed by atoms with Crippen LogP contribution in [0.1, 0.15) is 24.4 Å². The van der Waals surface area contributed by atoms with Gasteiger partial charge in [0.2, 0.25) is 0 Å². The molecule has 2 N–H and O–H groups in total. The average molecular weight is 227 g/mol.